The molecule has 5 heteroatoms. The minimum atomic E-state index is -0.537. The van der Waals surface area contributed by atoms with Gasteiger partial charge in [0.05, 0.1) is 18.6 Å². The molecule has 1 unspecified atom stereocenters. The zero-order valence-electron chi connectivity index (χ0n) is 18.2. The van der Waals surface area contributed by atoms with Gasteiger partial charge in [-0.3, -0.25) is 4.98 Å². The van der Waals surface area contributed by atoms with Crippen molar-refractivity contribution < 1.29 is 19.1 Å². The van der Waals surface area contributed by atoms with Crippen molar-refractivity contribution in [2.45, 2.75) is 31.5 Å². The van der Waals surface area contributed by atoms with E-state index in [1.807, 2.05) is 36.5 Å². The molecule has 0 spiro atoms. The summed E-state index contributed by atoms with van der Waals surface area (Å²) in [7, 11) is 0. The summed E-state index contributed by atoms with van der Waals surface area (Å²) < 4.78 is 12.0. The van der Waals surface area contributed by atoms with Gasteiger partial charge in [0.15, 0.2) is 11.5 Å². The maximum atomic E-state index is 11.8. The number of aliphatic hydroxyl groups is 1. The van der Waals surface area contributed by atoms with Gasteiger partial charge >= 0.3 is 0 Å². The molecule has 3 aromatic rings. The Morgan fingerprint density at radius 3 is 2.94 bits per heavy atom. The number of rotatable bonds is 5. The molecule has 164 valence electrons. The molecule has 5 nitrogen and oxygen atoms in total. The van der Waals surface area contributed by atoms with Crippen LogP contribution < -0.4 is 9.47 Å². The monoisotopic (exact) mass is 429 g/mol. The predicted molar refractivity (Wildman–Crippen MR) is 123 cm³/mol. The van der Waals surface area contributed by atoms with Crippen LogP contribution in [0.3, 0.4) is 0 Å². The van der Waals surface area contributed by atoms with Crippen LogP contribution in [0.5, 0.6) is 11.5 Å². The molecule has 3 fully saturated rings. The van der Waals surface area contributed by atoms with Crippen LogP contribution in [0.1, 0.15) is 30.1 Å². The molecule has 2 bridgehead atoms. The van der Waals surface area contributed by atoms with Gasteiger partial charge in [0, 0.05) is 35.9 Å². The number of para-hydroxylation sites is 1. The average Bonchev–Trinajstić information content (AvgIpc) is 3.31. The first-order chi connectivity index (χ1) is 15.7. The van der Waals surface area contributed by atoms with Crippen molar-refractivity contribution in [3.05, 3.63) is 78.5 Å². The van der Waals surface area contributed by atoms with E-state index in [9.17, 15) is 5.11 Å². The Hall–Kier alpha value is -2.89. The molecule has 0 aliphatic carbocycles. The molecule has 5 heterocycles. The van der Waals surface area contributed by atoms with Crippen molar-refractivity contribution in [2.75, 3.05) is 19.9 Å². The summed E-state index contributed by atoms with van der Waals surface area (Å²) in [6.07, 6.45) is 5.62. The van der Waals surface area contributed by atoms with Gasteiger partial charge in [0.25, 0.3) is 0 Å². The first-order valence-electron chi connectivity index (χ1n) is 11.6. The van der Waals surface area contributed by atoms with Gasteiger partial charge < -0.3 is 19.1 Å². The molecular weight excluding hydrogens is 400 g/mol. The fourth-order valence-electron chi connectivity index (χ4n) is 6.37. The molecule has 5 atom stereocenters. The molecule has 2 aromatic carbocycles. The minimum Gasteiger partial charge on any atom is -0.454 e. The van der Waals surface area contributed by atoms with E-state index in [0.29, 0.717) is 11.8 Å². The molecule has 0 saturated carbocycles. The van der Waals surface area contributed by atoms with Crippen LogP contribution in [0.15, 0.2) is 67.4 Å². The van der Waals surface area contributed by atoms with Gasteiger partial charge in [-0.1, -0.05) is 24.3 Å². The number of piperidine rings is 3. The summed E-state index contributed by atoms with van der Waals surface area (Å²) in [6.45, 7) is 7.40. The SMILES string of the molecule is C=C[C@H]1C[N+]2(Cc3ccc4c(c3)OCO4)CC[C@H]1C[C@@H]2[C@@H](O)c1ccnc2ccccc12. The van der Waals surface area contributed by atoms with Crippen LogP contribution in [0.25, 0.3) is 10.9 Å². The summed E-state index contributed by atoms with van der Waals surface area (Å²) in [6, 6.07) is 16.5. The Morgan fingerprint density at radius 1 is 1.16 bits per heavy atom. The fraction of sp³-hybridized carbons (Fsp3) is 0.370. The van der Waals surface area contributed by atoms with E-state index in [1.54, 1.807) is 0 Å². The summed E-state index contributed by atoms with van der Waals surface area (Å²) in [5.74, 6) is 2.73. The Kier molecular flexibility index (Phi) is 4.70. The van der Waals surface area contributed by atoms with Crippen LogP contribution >= 0.6 is 0 Å². The number of aromatic nitrogens is 1. The van der Waals surface area contributed by atoms with Gasteiger partial charge in [0.2, 0.25) is 6.79 Å². The molecule has 0 radical (unpaired) electrons. The maximum absolute atomic E-state index is 11.8. The summed E-state index contributed by atoms with van der Waals surface area (Å²) in [5.41, 5.74) is 3.16. The molecule has 4 aliphatic heterocycles. The van der Waals surface area contributed by atoms with Crippen molar-refractivity contribution in [1.82, 2.24) is 4.98 Å². The van der Waals surface area contributed by atoms with Gasteiger partial charge in [0.1, 0.15) is 18.7 Å². The predicted octanol–water partition coefficient (Wildman–Crippen LogP) is 4.61. The van der Waals surface area contributed by atoms with Crippen LogP contribution in [0, 0.1) is 11.8 Å². The van der Waals surface area contributed by atoms with Crippen molar-refractivity contribution in [3.63, 3.8) is 0 Å². The largest absolute Gasteiger partial charge is 0.454 e. The number of fused-ring (bicyclic) bond motifs is 5. The van der Waals surface area contributed by atoms with E-state index in [0.717, 1.165) is 58.5 Å². The van der Waals surface area contributed by atoms with E-state index in [2.05, 4.69) is 35.8 Å². The standard InChI is InChI=1S/C27H29N2O3/c1-2-19-16-29(15-18-7-8-25-26(13-18)32-17-31-25)12-10-20(19)14-24(29)27(30)22-9-11-28-23-6-4-3-5-21(22)23/h2-9,11,13,19-20,24,27,30H,1,10,12,14-17H2/q+1/t19-,20-,24+,27-,29?/m0/s1. The molecule has 32 heavy (non-hydrogen) atoms. The number of hydrogen-bond acceptors (Lipinski definition) is 4. The lowest BCUT2D eigenvalue weighted by Crippen LogP contribution is -2.67. The number of ether oxygens (including phenoxy) is 2. The van der Waals surface area contributed by atoms with Gasteiger partial charge in [-0.25, -0.2) is 0 Å². The Morgan fingerprint density at radius 2 is 2.03 bits per heavy atom. The number of nitrogens with zero attached hydrogens (tertiary/aromatic N) is 2. The zero-order chi connectivity index (χ0) is 21.7. The van der Waals surface area contributed by atoms with Crippen molar-refractivity contribution >= 4 is 10.9 Å². The number of aliphatic hydroxyl groups excluding tert-OH is 1. The second kappa shape index (κ2) is 7.61. The molecule has 7 rings (SSSR count). The molecule has 0 amide bonds. The Bertz CT molecular complexity index is 1170. The molecule has 3 saturated heterocycles. The van der Waals surface area contributed by atoms with Gasteiger partial charge in [-0.2, -0.15) is 0 Å². The van der Waals surface area contributed by atoms with Crippen LogP contribution in [0.2, 0.25) is 0 Å². The molecule has 1 aromatic heterocycles. The summed E-state index contributed by atoms with van der Waals surface area (Å²) in [4.78, 5) is 4.51. The highest BCUT2D eigenvalue weighted by molar-refractivity contribution is 5.82. The minimum absolute atomic E-state index is 0.140. The van der Waals surface area contributed by atoms with E-state index >= 15 is 0 Å². The van der Waals surface area contributed by atoms with E-state index in [-0.39, 0.29) is 12.8 Å². The van der Waals surface area contributed by atoms with Crippen molar-refractivity contribution in [1.29, 1.82) is 0 Å². The van der Waals surface area contributed by atoms with E-state index < -0.39 is 6.10 Å². The highest BCUT2D eigenvalue weighted by Gasteiger charge is 2.54. The lowest BCUT2D eigenvalue weighted by Gasteiger charge is -2.58. The number of hydrogen-bond donors (Lipinski definition) is 1. The lowest BCUT2D eigenvalue weighted by molar-refractivity contribution is -0.984. The lowest BCUT2D eigenvalue weighted by atomic mass is 9.71. The third kappa shape index (κ3) is 3.11. The number of pyridine rings is 1. The average molecular weight is 430 g/mol. The molecular formula is C27H29N2O3+. The second-order valence-electron chi connectivity index (χ2n) is 9.58. The maximum Gasteiger partial charge on any atom is 0.231 e. The van der Waals surface area contributed by atoms with Crippen LogP contribution in [-0.2, 0) is 6.54 Å². The quantitative estimate of drug-likeness (QED) is 0.475. The van der Waals surface area contributed by atoms with Gasteiger partial charge in [-0.15, -0.1) is 6.58 Å². The van der Waals surface area contributed by atoms with Crippen molar-refractivity contribution in [2.24, 2.45) is 11.8 Å². The third-order valence-corrected chi connectivity index (χ3v) is 7.98. The highest BCUT2D eigenvalue weighted by atomic mass is 16.7. The molecule has 4 aliphatic rings. The van der Waals surface area contributed by atoms with E-state index in [4.69, 9.17) is 9.47 Å². The first kappa shape index (κ1) is 19.8. The fourth-order valence-corrected chi connectivity index (χ4v) is 6.37. The highest BCUT2D eigenvalue weighted by Crippen LogP contribution is 2.48. The first-order valence-corrected chi connectivity index (χ1v) is 11.6. The Balaban J connectivity index is 1.39. The number of quaternary nitrogens is 1. The van der Waals surface area contributed by atoms with Gasteiger partial charge in [-0.05, 0) is 41.8 Å². The normalized spacial score (nSPS) is 29.2. The van der Waals surface area contributed by atoms with Crippen LogP contribution in [0.4, 0.5) is 0 Å². The Labute approximate surface area is 188 Å². The van der Waals surface area contributed by atoms with E-state index in [1.165, 1.54) is 12.0 Å². The second-order valence-corrected chi connectivity index (χ2v) is 9.58. The zero-order valence-corrected chi connectivity index (χ0v) is 18.2. The summed E-state index contributed by atoms with van der Waals surface area (Å²) in [5, 5.41) is 12.9. The smallest absolute Gasteiger partial charge is 0.231 e. The topological polar surface area (TPSA) is 51.6 Å². The van der Waals surface area contributed by atoms with Crippen LogP contribution in [-0.4, -0.2) is 40.5 Å². The molecule has 1 N–H and O–H groups in total. The van der Waals surface area contributed by atoms with Crippen molar-refractivity contribution in [3.8, 4) is 11.5 Å². The number of benzene rings is 2. The third-order valence-electron chi connectivity index (χ3n) is 7.98. The summed E-state index contributed by atoms with van der Waals surface area (Å²) >= 11 is 0.